The summed E-state index contributed by atoms with van der Waals surface area (Å²) in [6.45, 7) is 0.813. The first-order valence-electron chi connectivity index (χ1n) is 14.0. The van der Waals surface area contributed by atoms with E-state index in [0.29, 0.717) is 0 Å². The number of carbonyl (C=O) groups excluding carboxylic acids is 3. The molecule has 0 aromatic heterocycles. The molecule has 1 aliphatic rings. The Bertz CT molecular complexity index is 1050. The summed E-state index contributed by atoms with van der Waals surface area (Å²) >= 11 is 0. The standard InChI is InChI=1S/C33H36O9/c34-31-16-28(22-37-19-25-10-4-1-5-11-25)40-32(35)17-29(23-38-20-26-12-6-2-7-13-26)42-33(36)18-30(41-31)24-39-21-27-14-8-3-9-15-27/h1-15,28-30H,16-24H2/t28-,29-,30-/m0/s1. The monoisotopic (exact) mass is 576 g/mol. The van der Waals surface area contributed by atoms with Crippen LogP contribution >= 0.6 is 0 Å². The number of hydrogen-bond acceptors (Lipinski definition) is 9. The van der Waals surface area contributed by atoms with Gasteiger partial charge in [-0.3, -0.25) is 14.4 Å². The molecule has 0 amide bonds. The molecule has 0 spiro atoms. The first kappa shape index (κ1) is 30.9. The van der Waals surface area contributed by atoms with Crippen LogP contribution in [0.25, 0.3) is 0 Å². The molecule has 1 saturated heterocycles. The van der Waals surface area contributed by atoms with Crippen molar-refractivity contribution in [1.29, 1.82) is 0 Å². The van der Waals surface area contributed by atoms with E-state index in [-0.39, 0.29) is 58.9 Å². The van der Waals surface area contributed by atoms with Crippen molar-refractivity contribution < 1.29 is 42.8 Å². The van der Waals surface area contributed by atoms with Crippen molar-refractivity contribution in [2.24, 2.45) is 0 Å². The summed E-state index contributed by atoms with van der Waals surface area (Å²) < 4.78 is 34.1. The van der Waals surface area contributed by atoms with Gasteiger partial charge in [-0.2, -0.15) is 0 Å². The third-order valence-electron chi connectivity index (χ3n) is 6.32. The highest BCUT2D eigenvalue weighted by atomic mass is 16.6. The molecular formula is C33H36O9. The van der Waals surface area contributed by atoms with Gasteiger partial charge in [-0.25, -0.2) is 0 Å². The lowest BCUT2D eigenvalue weighted by Gasteiger charge is -2.24. The molecule has 42 heavy (non-hydrogen) atoms. The van der Waals surface area contributed by atoms with Crippen molar-refractivity contribution in [2.75, 3.05) is 19.8 Å². The maximum Gasteiger partial charge on any atom is 0.310 e. The third-order valence-corrected chi connectivity index (χ3v) is 6.32. The number of cyclic esters (lactones) is 3. The van der Waals surface area contributed by atoms with E-state index < -0.39 is 36.2 Å². The summed E-state index contributed by atoms with van der Waals surface area (Å²) in [6, 6.07) is 28.6. The smallest absolute Gasteiger partial charge is 0.310 e. The van der Waals surface area contributed by atoms with E-state index in [1.165, 1.54) is 0 Å². The van der Waals surface area contributed by atoms with E-state index in [1.54, 1.807) is 0 Å². The van der Waals surface area contributed by atoms with Gasteiger partial charge in [0, 0.05) is 0 Å². The third kappa shape index (κ3) is 11.4. The van der Waals surface area contributed by atoms with Gasteiger partial charge in [-0.15, -0.1) is 0 Å². The zero-order chi connectivity index (χ0) is 29.4. The lowest BCUT2D eigenvalue weighted by atomic mass is 10.2. The van der Waals surface area contributed by atoms with Gasteiger partial charge >= 0.3 is 17.9 Å². The van der Waals surface area contributed by atoms with E-state index in [1.807, 2.05) is 91.0 Å². The minimum Gasteiger partial charge on any atom is -0.459 e. The fourth-order valence-corrected chi connectivity index (χ4v) is 4.31. The second kappa shape index (κ2) is 17.0. The summed E-state index contributed by atoms with van der Waals surface area (Å²) in [5.41, 5.74) is 2.83. The van der Waals surface area contributed by atoms with E-state index >= 15 is 0 Å². The Morgan fingerprint density at radius 3 is 0.976 bits per heavy atom. The number of rotatable bonds is 12. The Hall–Kier alpha value is -4.05. The first-order chi connectivity index (χ1) is 20.5. The summed E-state index contributed by atoms with van der Waals surface area (Å²) in [6.07, 6.45) is -3.37. The number of ether oxygens (including phenoxy) is 6. The highest BCUT2D eigenvalue weighted by Crippen LogP contribution is 2.15. The van der Waals surface area contributed by atoms with Crippen LogP contribution in [0.15, 0.2) is 91.0 Å². The fourth-order valence-electron chi connectivity index (χ4n) is 4.31. The van der Waals surface area contributed by atoms with Crippen LogP contribution < -0.4 is 0 Å². The highest BCUT2D eigenvalue weighted by Gasteiger charge is 2.29. The molecule has 0 radical (unpaired) electrons. The van der Waals surface area contributed by atoms with Crippen molar-refractivity contribution in [1.82, 2.24) is 0 Å². The number of esters is 3. The molecule has 0 N–H and O–H groups in total. The summed E-state index contributed by atoms with van der Waals surface area (Å²) in [4.78, 5) is 38.5. The zero-order valence-electron chi connectivity index (χ0n) is 23.4. The van der Waals surface area contributed by atoms with Crippen LogP contribution in [0.1, 0.15) is 36.0 Å². The van der Waals surface area contributed by atoms with Gasteiger partial charge in [0.2, 0.25) is 0 Å². The van der Waals surface area contributed by atoms with Crippen molar-refractivity contribution in [3.05, 3.63) is 108 Å². The maximum atomic E-state index is 12.8. The van der Waals surface area contributed by atoms with Crippen LogP contribution in [-0.4, -0.2) is 56.0 Å². The van der Waals surface area contributed by atoms with E-state index in [4.69, 9.17) is 28.4 Å². The summed E-state index contributed by atoms with van der Waals surface area (Å²) in [7, 11) is 0. The summed E-state index contributed by atoms with van der Waals surface area (Å²) in [5, 5.41) is 0. The van der Waals surface area contributed by atoms with Crippen LogP contribution in [-0.2, 0) is 62.6 Å². The molecular weight excluding hydrogens is 540 g/mol. The molecule has 4 rings (SSSR count). The molecule has 222 valence electrons. The Morgan fingerprint density at radius 2 is 0.714 bits per heavy atom. The van der Waals surface area contributed by atoms with Gasteiger partial charge in [-0.1, -0.05) is 91.0 Å². The molecule has 3 aromatic carbocycles. The molecule has 1 aliphatic heterocycles. The number of carbonyl (C=O) groups is 3. The van der Waals surface area contributed by atoms with Crippen LogP contribution in [0.4, 0.5) is 0 Å². The minimum atomic E-state index is -0.888. The van der Waals surface area contributed by atoms with E-state index in [0.717, 1.165) is 16.7 Å². The molecule has 9 nitrogen and oxygen atoms in total. The average Bonchev–Trinajstić information content (AvgIpc) is 2.98. The molecule has 1 fully saturated rings. The minimum absolute atomic E-state index is 0.0140. The maximum absolute atomic E-state index is 12.8. The van der Waals surface area contributed by atoms with E-state index in [9.17, 15) is 14.4 Å². The van der Waals surface area contributed by atoms with Crippen molar-refractivity contribution in [2.45, 2.75) is 57.4 Å². The van der Waals surface area contributed by atoms with Gasteiger partial charge in [0.05, 0.1) is 58.9 Å². The summed E-state index contributed by atoms with van der Waals surface area (Å²) in [5.74, 6) is -1.92. The fraction of sp³-hybridized carbons (Fsp3) is 0.364. The van der Waals surface area contributed by atoms with Gasteiger partial charge in [0.25, 0.3) is 0 Å². The Balaban J connectivity index is 1.40. The first-order valence-corrected chi connectivity index (χ1v) is 14.0. The second-order valence-corrected chi connectivity index (χ2v) is 9.95. The van der Waals surface area contributed by atoms with Crippen LogP contribution in [0, 0.1) is 0 Å². The van der Waals surface area contributed by atoms with Gasteiger partial charge < -0.3 is 28.4 Å². The number of hydrogen-bond donors (Lipinski definition) is 0. The lowest BCUT2D eigenvalue weighted by molar-refractivity contribution is -0.173. The SMILES string of the molecule is O=C1C[C@@H](COCc2ccccc2)OC(=O)C[C@@H](COCc2ccccc2)OC(=O)C[C@@H](COCc2ccccc2)O1. The predicted octanol–water partition coefficient (Wildman–Crippen LogP) is 4.56. The van der Waals surface area contributed by atoms with E-state index in [2.05, 4.69) is 0 Å². The second-order valence-electron chi connectivity index (χ2n) is 9.95. The highest BCUT2D eigenvalue weighted by molar-refractivity contribution is 5.75. The van der Waals surface area contributed by atoms with Crippen molar-refractivity contribution in [3.63, 3.8) is 0 Å². The van der Waals surface area contributed by atoms with Gasteiger partial charge in [0.15, 0.2) is 0 Å². The van der Waals surface area contributed by atoms with Gasteiger partial charge in [0.1, 0.15) is 18.3 Å². The topological polar surface area (TPSA) is 107 Å². The normalized spacial score (nSPS) is 20.0. The molecule has 0 unspecified atom stereocenters. The molecule has 0 saturated carbocycles. The van der Waals surface area contributed by atoms with Crippen LogP contribution in [0.3, 0.4) is 0 Å². The molecule has 3 aromatic rings. The van der Waals surface area contributed by atoms with Crippen molar-refractivity contribution in [3.8, 4) is 0 Å². The molecule has 9 heteroatoms. The van der Waals surface area contributed by atoms with Crippen LogP contribution in [0.2, 0.25) is 0 Å². The Kier molecular flexibility index (Phi) is 12.5. The number of benzene rings is 3. The molecule has 1 heterocycles. The lowest BCUT2D eigenvalue weighted by Crippen LogP contribution is -2.36. The van der Waals surface area contributed by atoms with Crippen molar-refractivity contribution >= 4 is 17.9 Å². The molecule has 3 atom stereocenters. The zero-order valence-corrected chi connectivity index (χ0v) is 23.4. The Morgan fingerprint density at radius 1 is 0.452 bits per heavy atom. The molecule has 0 aliphatic carbocycles. The quantitative estimate of drug-likeness (QED) is 0.227. The van der Waals surface area contributed by atoms with Crippen LogP contribution in [0.5, 0.6) is 0 Å². The Labute approximate surface area is 245 Å². The van der Waals surface area contributed by atoms with Gasteiger partial charge in [-0.05, 0) is 16.7 Å². The average molecular weight is 577 g/mol. The molecule has 0 bridgehead atoms. The predicted molar refractivity (Wildman–Crippen MR) is 152 cm³/mol. The largest absolute Gasteiger partial charge is 0.459 e.